The number of hydrogen-bond acceptors (Lipinski definition) is 3. The van der Waals surface area contributed by atoms with Gasteiger partial charge in [0.05, 0.1) is 15.1 Å². The first-order valence-electron chi connectivity index (χ1n) is 5.55. The maximum atomic E-state index is 11.9. The van der Waals surface area contributed by atoms with Crippen LogP contribution in [0.4, 0.5) is 0 Å². The highest BCUT2D eigenvalue weighted by Gasteiger charge is 2.31. The molecule has 0 bridgehead atoms. The molecule has 1 heterocycles. The van der Waals surface area contributed by atoms with E-state index in [4.69, 9.17) is 11.6 Å². The van der Waals surface area contributed by atoms with Crippen LogP contribution in [0.5, 0.6) is 0 Å². The summed E-state index contributed by atoms with van der Waals surface area (Å²) in [5.41, 5.74) is 0.271. The Morgan fingerprint density at radius 1 is 1.47 bits per heavy atom. The highest BCUT2D eigenvalue weighted by atomic mass is 35.5. The van der Waals surface area contributed by atoms with Crippen molar-refractivity contribution in [3.05, 3.63) is 28.2 Å². The van der Waals surface area contributed by atoms with Gasteiger partial charge in [0.15, 0.2) is 0 Å². The summed E-state index contributed by atoms with van der Waals surface area (Å²) in [5.74, 6) is 0.202. The van der Waals surface area contributed by atoms with E-state index in [-0.39, 0.29) is 5.78 Å². The zero-order chi connectivity index (χ0) is 12.6. The number of carbonyl (C=O) groups is 1. The molecular weight excluding hydrogens is 254 g/mol. The third-order valence-corrected chi connectivity index (χ3v) is 4.57. The molecule has 90 valence electrons. The Morgan fingerprint density at radius 2 is 2.18 bits per heavy atom. The van der Waals surface area contributed by atoms with Gasteiger partial charge in [0.2, 0.25) is 0 Å². The number of aromatic nitrogens is 1. The summed E-state index contributed by atoms with van der Waals surface area (Å²) >= 11 is 7.64. The molecule has 0 aliphatic heterocycles. The quantitative estimate of drug-likeness (QED) is 0.834. The predicted molar refractivity (Wildman–Crippen MR) is 73.0 cm³/mol. The number of rotatable bonds is 3. The number of benzene rings is 1. The standard InChI is InChI=1S/C13H14ClNOS/c1-4-10(16)13(2,3)12-15-11-8(14)6-5-7-9(11)17-12/h5-7H,4H2,1-3H3. The highest BCUT2D eigenvalue weighted by Crippen LogP contribution is 2.35. The van der Waals surface area contributed by atoms with Gasteiger partial charge in [-0.1, -0.05) is 24.6 Å². The second-order valence-corrected chi connectivity index (χ2v) is 5.95. The lowest BCUT2D eigenvalue weighted by molar-refractivity contribution is -0.123. The first kappa shape index (κ1) is 12.5. The lowest BCUT2D eigenvalue weighted by atomic mass is 9.87. The van der Waals surface area contributed by atoms with Gasteiger partial charge in [0.25, 0.3) is 0 Å². The minimum absolute atomic E-state index is 0.202. The van der Waals surface area contributed by atoms with Crippen LogP contribution in [-0.4, -0.2) is 10.8 Å². The van der Waals surface area contributed by atoms with Gasteiger partial charge in [0.1, 0.15) is 16.3 Å². The molecule has 4 heteroatoms. The third kappa shape index (κ3) is 2.09. The van der Waals surface area contributed by atoms with E-state index in [0.717, 1.165) is 15.2 Å². The summed E-state index contributed by atoms with van der Waals surface area (Å²) < 4.78 is 1.03. The predicted octanol–water partition coefficient (Wildman–Crippen LogP) is 4.21. The zero-order valence-electron chi connectivity index (χ0n) is 10.1. The summed E-state index contributed by atoms with van der Waals surface area (Å²) in [6, 6.07) is 5.71. The fourth-order valence-electron chi connectivity index (χ4n) is 1.74. The number of para-hydroxylation sites is 1. The van der Waals surface area contributed by atoms with E-state index in [2.05, 4.69) is 4.98 Å². The van der Waals surface area contributed by atoms with Crippen molar-refractivity contribution in [1.29, 1.82) is 0 Å². The van der Waals surface area contributed by atoms with E-state index < -0.39 is 5.41 Å². The van der Waals surface area contributed by atoms with Crippen molar-refractivity contribution in [1.82, 2.24) is 4.98 Å². The zero-order valence-corrected chi connectivity index (χ0v) is 11.7. The second kappa shape index (κ2) is 4.39. The third-order valence-electron chi connectivity index (χ3n) is 2.92. The van der Waals surface area contributed by atoms with Gasteiger partial charge in [-0.2, -0.15) is 0 Å². The number of carbonyl (C=O) groups excluding carboxylic acids is 1. The minimum Gasteiger partial charge on any atom is -0.299 e. The minimum atomic E-state index is -0.526. The van der Waals surface area contributed by atoms with Crippen molar-refractivity contribution in [2.75, 3.05) is 0 Å². The molecule has 1 aromatic carbocycles. The molecule has 0 spiro atoms. The van der Waals surface area contributed by atoms with E-state index >= 15 is 0 Å². The van der Waals surface area contributed by atoms with Crippen LogP contribution in [0, 0.1) is 0 Å². The summed E-state index contributed by atoms with van der Waals surface area (Å²) in [6.07, 6.45) is 0.524. The van der Waals surface area contributed by atoms with Crippen molar-refractivity contribution >= 4 is 38.9 Å². The van der Waals surface area contributed by atoms with Crippen molar-refractivity contribution in [3.8, 4) is 0 Å². The molecule has 0 aliphatic carbocycles. The van der Waals surface area contributed by atoms with Crippen molar-refractivity contribution in [2.24, 2.45) is 0 Å². The Kier molecular flexibility index (Phi) is 3.23. The summed E-state index contributed by atoms with van der Waals surface area (Å²) in [7, 11) is 0. The van der Waals surface area contributed by atoms with E-state index in [0.29, 0.717) is 11.4 Å². The van der Waals surface area contributed by atoms with Crippen LogP contribution < -0.4 is 0 Å². The second-order valence-electron chi connectivity index (χ2n) is 4.51. The smallest absolute Gasteiger partial charge is 0.145 e. The van der Waals surface area contributed by atoms with Gasteiger partial charge in [-0.05, 0) is 26.0 Å². The molecular formula is C13H14ClNOS. The van der Waals surface area contributed by atoms with E-state index in [1.165, 1.54) is 0 Å². The Morgan fingerprint density at radius 3 is 2.76 bits per heavy atom. The van der Waals surface area contributed by atoms with Gasteiger partial charge in [0, 0.05) is 6.42 Å². The molecule has 0 atom stereocenters. The van der Waals surface area contributed by atoms with Gasteiger partial charge in [-0.15, -0.1) is 11.3 Å². The Labute approximate surface area is 110 Å². The fourth-order valence-corrected chi connectivity index (χ4v) is 3.13. The van der Waals surface area contributed by atoms with Gasteiger partial charge < -0.3 is 0 Å². The first-order chi connectivity index (χ1) is 7.96. The maximum absolute atomic E-state index is 11.9. The number of hydrogen-bond donors (Lipinski definition) is 0. The monoisotopic (exact) mass is 267 g/mol. The van der Waals surface area contributed by atoms with Crippen LogP contribution >= 0.6 is 22.9 Å². The average molecular weight is 268 g/mol. The van der Waals surface area contributed by atoms with Gasteiger partial charge in [-0.25, -0.2) is 4.98 Å². The molecule has 1 aromatic heterocycles. The van der Waals surface area contributed by atoms with E-state index in [1.54, 1.807) is 11.3 Å². The number of thiazole rings is 1. The van der Waals surface area contributed by atoms with Crippen molar-refractivity contribution < 1.29 is 4.79 Å². The van der Waals surface area contributed by atoms with Crippen LogP contribution in [-0.2, 0) is 10.2 Å². The lowest BCUT2D eigenvalue weighted by Gasteiger charge is -2.18. The molecule has 2 rings (SSSR count). The molecule has 2 nitrogen and oxygen atoms in total. The highest BCUT2D eigenvalue weighted by molar-refractivity contribution is 7.18. The summed E-state index contributed by atoms with van der Waals surface area (Å²) in [4.78, 5) is 16.4. The molecule has 17 heavy (non-hydrogen) atoms. The van der Waals surface area contributed by atoms with Crippen LogP contribution in [0.1, 0.15) is 32.2 Å². The normalized spacial score (nSPS) is 12.0. The number of ketones is 1. The molecule has 0 radical (unpaired) electrons. The molecule has 0 fully saturated rings. The molecule has 0 N–H and O–H groups in total. The number of nitrogens with zero attached hydrogens (tertiary/aromatic N) is 1. The van der Waals surface area contributed by atoms with Crippen LogP contribution in [0.25, 0.3) is 10.2 Å². The number of fused-ring (bicyclic) bond motifs is 1. The number of halogens is 1. The van der Waals surface area contributed by atoms with Crippen LogP contribution in [0.3, 0.4) is 0 Å². The Hall–Kier alpha value is -0.930. The lowest BCUT2D eigenvalue weighted by Crippen LogP contribution is -2.28. The van der Waals surface area contributed by atoms with Gasteiger partial charge in [-0.3, -0.25) is 4.79 Å². The van der Waals surface area contributed by atoms with Crippen LogP contribution in [0.15, 0.2) is 18.2 Å². The van der Waals surface area contributed by atoms with Crippen LogP contribution in [0.2, 0.25) is 5.02 Å². The molecule has 0 aliphatic rings. The Balaban J connectivity index is 2.57. The molecule has 2 aromatic rings. The van der Waals surface area contributed by atoms with Crippen molar-refractivity contribution in [2.45, 2.75) is 32.6 Å². The summed E-state index contributed by atoms with van der Waals surface area (Å²) in [5, 5.41) is 1.48. The summed E-state index contributed by atoms with van der Waals surface area (Å²) in [6.45, 7) is 5.72. The number of Topliss-reactive ketones (excluding diaryl/α,β-unsaturated/α-hetero) is 1. The fraction of sp³-hybridized carbons (Fsp3) is 0.385. The SMILES string of the molecule is CCC(=O)C(C)(C)c1nc2c(Cl)cccc2s1. The van der Waals surface area contributed by atoms with Gasteiger partial charge >= 0.3 is 0 Å². The molecule has 0 amide bonds. The largest absolute Gasteiger partial charge is 0.299 e. The average Bonchev–Trinajstić information content (AvgIpc) is 2.74. The maximum Gasteiger partial charge on any atom is 0.145 e. The topological polar surface area (TPSA) is 30.0 Å². The molecule has 0 unspecified atom stereocenters. The van der Waals surface area contributed by atoms with Crippen molar-refractivity contribution in [3.63, 3.8) is 0 Å². The molecule has 0 saturated heterocycles. The van der Waals surface area contributed by atoms with E-state index in [1.807, 2.05) is 39.0 Å². The Bertz CT molecular complexity index is 574. The first-order valence-corrected chi connectivity index (χ1v) is 6.75. The van der Waals surface area contributed by atoms with E-state index in [9.17, 15) is 4.79 Å². The molecule has 0 saturated carbocycles.